The standard InChI is InChI=1S/C21H36N4O6/c1-3-4-8-16(17(27)18(28)29)22-19(30)21(9-6-5-7-10-21)23-20(31)25-13-11-24(12-14-25)15(2)26/h16-17,27H,3-14H2,1-2H3,(H,22,30)(H,23,31)(H,28,29)/t16-,17?/m0/s1. The van der Waals surface area contributed by atoms with Crippen LogP contribution < -0.4 is 10.6 Å². The molecule has 4 amide bonds. The third-order valence-electron chi connectivity index (χ3n) is 6.32. The van der Waals surface area contributed by atoms with Gasteiger partial charge in [-0.2, -0.15) is 0 Å². The second-order valence-electron chi connectivity index (χ2n) is 8.57. The van der Waals surface area contributed by atoms with Gasteiger partial charge in [0.25, 0.3) is 0 Å². The zero-order chi connectivity index (χ0) is 23.0. The number of carbonyl (C=O) groups excluding carboxylic acids is 3. The van der Waals surface area contributed by atoms with Crippen molar-refractivity contribution in [2.75, 3.05) is 26.2 Å². The smallest absolute Gasteiger partial charge is 0.334 e. The largest absolute Gasteiger partial charge is 0.479 e. The van der Waals surface area contributed by atoms with Crippen LogP contribution >= 0.6 is 0 Å². The summed E-state index contributed by atoms with van der Waals surface area (Å²) in [6.45, 7) is 5.12. The van der Waals surface area contributed by atoms with Crippen LogP contribution in [0.2, 0.25) is 0 Å². The lowest BCUT2D eigenvalue weighted by Crippen LogP contribution is -2.65. The van der Waals surface area contributed by atoms with Crippen molar-refractivity contribution in [3.63, 3.8) is 0 Å². The van der Waals surface area contributed by atoms with E-state index in [1.54, 1.807) is 9.80 Å². The summed E-state index contributed by atoms with van der Waals surface area (Å²) in [5, 5.41) is 24.9. The Labute approximate surface area is 183 Å². The molecule has 0 aromatic heterocycles. The van der Waals surface area contributed by atoms with Gasteiger partial charge in [-0.15, -0.1) is 0 Å². The number of hydrogen-bond acceptors (Lipinski definition) is 5. The maximum absolute atomic E-state index is 13.3. The molecule has 4 N–H and O–H groups in total. The van der Waals surface area contributed by atoms with Crippen LogP contribution in [-0.4, -0.2) is 87.7 Å². The molecular formula is C21H36N4O6. The molecule has 1 unspecified atom stereocenters. The van der Waals surface area contributed by atoms with Crippen molar-refractivity contribution in [2.24, 2.45) is 0 Å². The summed E-state index contributed by atoms with van der Waals surface area (Å²) >= 11 is 0. The van der Waals surface area contributed by atoms with Crippen molar-refractivity contribution in [1.82, 2.24) is 20.4 Å². The first-order valence-corrected chi connectivity index (χ1v) is 11.2. The Balaban J connectivity index is 2.09. The van der Waals surface area contributed by atoms with Crippen molar-refractivity contribution < 1.29 is 29.4 Å². The van der Waals surface area contributed by atoms with Gasteiger partial charge in [-0.3, -0.25) is 9.59 Å². The molecule has 10 nitrogen and oxygen atoms in total. The molecule has 10 heteroatoms. The van der Waals surface area contributed by atoms with E-state index in [1.165, 1.54) is 6.92 Å². The molecule has 2 rings (SSSR count). The maximum Gasteiger partial charge on any atom is 0.334 e. The molecule has 0 radical (unpaired) electrons. The van der Waals surface area contributed by atoms with Crippen LogP contribution in [-0.2, 0) is 14.4 Å². The van der Waals surface area contributed by atoms with E-state index in [9.17, 15) is 29.4 Å². The summed E-state index contributed by atoms with van der Waals surface area (Å²) in [5.74, 6) is -1.85. The quantitative estimate of drug-likeness (QED) is 0.438. The number of aliphatic carboxylic acids is 1. The molecule has 31 heavy (non-hydrogen) atoms. The number of unbranched alkanes of at least 4 members (excludes halogenated alkanes) is 1. The second kappa shape index (κ2) is 11.3. The summed E-state index contributed by atoms with van der Waals surface area (Å²) in [6, 6.07) is -1.27. The summed E-state index contributed by atoms with van der Waals surface area (Å²) in [7, 11) is 0. The van der Waals surface area contributed by atoms with Gasteiger partial charge in [-0.1, -0.05) is 39.0 Å². The van der Waals surface area contributed by atoms with Crippen LogP contribution in [0.1, 0.15) is 65.2 Å². The number of nitrogens with zero attached hydrogens (tertiary/aromatic N) is 2. The van der Waals surface area contributed by atoms with Gasteiger partial charge in [0.1, 0.15) is 5.54 Å². The van der Waals surface area contributed by atoms with Crippen LogP contribution in [0.3, 0.4) is 0 Å². The van der Waals surface area contributed by atoms with Crippen molar-refractivity contribution in [2.45, 2.75) is 82.9 Å². The fraction of sp³-hybridized carbons (Fsp3) is 0.810. The zero-order valence-corrected chi connectivity index (χ0v) is 18.6. The topological polar surface area (TPSA) is 139 Å². The third-order valence-corrected chi connectivity index (χ3v) is 6.32. The highest BCUT2D eigenvalue weighted by Gasteiger charge is 2.43. The number of carbonyl (C=O) groups is 4. The van der Waals surface area contributed by atoms with Gasteiger partial charge in [0.2, 0.25) is 11.8 Å². The number of rotatable bonds is 8. The minimum Gasteiger partial charge on any atom is -0.479 e. The number of hydrogen-bond donors (Lipinski definition) is 4. The van der Waals surface area contributed by atoms with Crippen LogP contribution in [0.5, 0.6) is 0 Å². The molecule has 2 atom stereocenters. The number of carboxylic acids is 1. The summed E-state index contributed by atoms with van der Waals surface area (Å²) in [4.78, 5) is 52.3. The number of nitrogens with one attached hydrogen (secondary N) is 2. The Morgan fingerprint density at radius 2 is 1.58 bits per heavy atom. The summed E-state index contributed by atoms with van der Waals surface area (Å²) < 4.78 is 0. The SMILES string of the molecule is CCCC[C@H](NC(=O)C1(NC(=O)N2CCN(C(C)=O)CC2)CCCCC1)C(O)C(=O)O. The Bertz CT molecular complexity index is 656. The molecule has 1 aliphatic heterocycles. The van der Waals surface area contributed by atoms with Crippen molar-refractivity contribution in [3.8, 4) is 0 Å². The average Bonchev–Trinajstić information content (AvgIpc) is 2.76. The molecule has 1 heterocycles. The van der Waals surface area contributed by atoms with Crippen molar-refractivity contribution in [1.29, 1.82) is 0 Å². The molecule has 176 valence electrons. The van der Waals surface area contributed by atoms with E-state index in [0.717, 1.165) is 25.7 Å². The predicted molar refractivity (Wildman–Crippen MR) is 113 cm³/mol. The lowest BCUT2D eigenvalue weighted by Gasteiger charge is -2.41. The molecule has 0 aromatic carbocycles. The van der Waals surface area contributed by atoms with E-state index in [1.807, 2.05) is 6.92 Å². The average molecular weight is 441 g/mol. The predicted octanol–water partition coefficient (Wildman–Crippen LogP) is 0.684. The van der Waals surface area contributed by atoms with Crippen LogP contribution in [0, 0.1) is 0 Å². The van der Waals surface area contributed by atoms with Gasteiger partial charge in [-0.25, -0.2) is 9.59 Å². The fourth-order valence-electron chi connectivity index (χ4n) is 4.28. The van der Waals surface area contributed by atoms with Gasteiger partial charge in [0.05, 0.1) is 6.04 Å². The van der Waals surface area contributed by atoms with Crippen LogP contribution in [0.4, 0.5) is 4.79 Å². The highest BCUT2D eigenvalue weighted by atomic mass is 16.4. The number of urea groups is 1. The lowest BCUT2D eigenvalue weighted by atomic mass is 9.80. The number of aliphatic hydroxyl groups is 1. The Morgan fingerprint density at radius 3 is 2.10 bits per heavy atom. The van der Waals surface area contributed by atoms with Gasteiger partial charge in [0, 0.05) is 33.1 Å². The molecule has 0 bridgehead atoms. The van der Waals surface area contributed by atoms with E-state index in [0.29, 0.717) is 51.9 Å². The zero-order valence-electron chi connectivity index (χ0n) is 18.6. The van der Waals surface area contributed by atoms with Gasteiger partial charge < -0.3 is 30.6 Å². The van der Waals surface area contributed by atoms with Gasteiger partial charge in [-0.05, 0) is 19.3 Å². The Morgan fingerprint density at radius 1 is 1.00 bits per heavy atom. The molecule has 2 aliphatic rings. The molecule has 0 aromatic rings. The van der Waals surface area contributed by atoms with E-state index in [2.05, 4.69) is 10.6 Å². The molecule has 1 aliphatic carbocycles. The monoisotopic (exact) mass is 440 g/mol. The molecule has 1 saturated heterocycles. The number of piperazine rings is 1. The first kappa shape index (κ1) is 24.9. The number of amides is 4. The number of aliphatic hydroxyl groups excluding tert-OH is 1. The normalized spacial score (nSPS) is 20.5. The molecule has 0 spiro atoms. The highest BCUT2D eigenvalue weighted by molar-refractivity contribution is 5.92. The number of carboxylic acid groups (broad SMARTS) is 1. The van der Waals surface area contributed by atoms with Crippen LogP contribution in [0.25, 0.3) is 0 Å². The van der Waals surface area contributed by atoms with Gasteiger partial charge in [0.15, 0.2) is 6.10 Å². The van der Waals surface area contributed by atoms with E-state index >= 15 is 0 Å². The molecular weight excluding hydrogens is 404 g/mol. The maximum atomic E-state index is 13.3. The third kappa shape index (κ3) is 6.56. The minimum absolute atomic E-state index is 0.0294. The van der Waals surface area contributed by atoms with E-state index < -0.39 is 29.6 Å². The lowest BCUT2D eigenvalue weighted by molar-refractivity contribution is -0.149. The summed E-state index contributed by atoms with van der Waals surface area (Å²) in [6.07, 6.45) is 3.52. The van der Waals surface area contributed by atoms with Crippen molar-refractivity contribution in [3.05, 3.63) is 0 Å². The van der Waals surface area contributed by atoms with Crippen molar-refractivity contribution >= 4 is 23.8 Å². The molecule has 1 saturated carbocycles. The van der Waals surface area contributed by atoms with E-state index in [-0.39, 0.29) is 11.9 Å². The first-order valence-electron chi connectivity index (χ1n) is 11.2. The Kier molecular flexibility index (Phi) is 9.09. The Hall–Kier alpha value is -2.36. The van der Waals surface area contributed by atoms with Crippen LogP contribution in [0.15, 0.2) is 0 Å². The fourth-order valence-corrected chi connectivity index (χ4v) is 4.28. The van der Waals surface area contributed by atoms with Gasteiger partial charge >= 0.3 is 12.0 Å². The minimum atomic E-state index is -1.70. The van der Waals surface area contributed by atoms with E-state index in [4.69, 9.17) is 0 Å². The second-order valence-corrected chi connectivity index (χ2v) is 8.57. The molecule has 2 fully saturated rings. The summed E-state index contributed by atoms with van der Waals surface area (Å²) in [5.41, 5.74) is -1.13. The first-order chi connectivity index (χ1) is 14.7. The highest BCUT2D eigenvalue weighted by Crippen LogP contribution is 2.29.